The van der Waals surface area contributed by atoms with Gasteiger partial charge < -0.3 is 14.8 Å². The van der Waals surface area contributed by atoms with Gasteiger partial charge in [0, 0.05) is 11.6 Å². The van der Waals surface area contributed by atoms with Crippen molar-refractivity contribution < 1.29 is 14.3 Å². The van der Waals surface area contributed by atoms with E-state index in [1.807, 2.05) is 12.1 Å². The number of benzene rings is 2. The van der Waals surface area contributed by atoms with Crippen LogP contribution in [0.4, 0.5) is 5.69 Å². The Morgan fingerprint density at radius 3 is 2.73 bits per heavy atom. The van der Waals surface area contributed by atoms with Gasteiger partial charge in [0.15, 0.2) is 0 Å². The molecular weight excluding hydrogens is 370 g/mol. The van der Waals surface area contributed by atoms with Crippen molar-refractivity contribution in [3.8, 4) is 5.75 Å². The minimum atomic E-state index is -0.280. The fourth-order valence-electron chi connectivity index (χ4n) is 1.80. The predicted octanol–water partition coefficient (Wildman–Crippen LogP) is 4.38. The molecule has 1 N–H and O–H groups in total. The number of carbonyl (C=O) groups is 1. The molecule has 0 aliphatic heterocycles. The van der Waals surface area contributed by atoms with Gasteiger partial charge in [-0.05, 0) is 30.3 Å². The first-order valence-electron chi connectivity index (χ1n) is 6.59. The third-order valence-corrected chi connectivity index (χ3v) is 3.66. The summed E-state index contributed by atoms with van der Waals surface area (Å²) in [5, 5.41) is 3.24. The zero-order chi connectivity index (χ0) is 15.9. The van der Waals surface area contributed by atoms with Gasteiger partial charge in [0.1, 0.15) is 12.4 Å². The smallest absolute Gasteiger partial charge is 0.259 e. The van der Waals surface area contributed by atoms with Crippen LogP contribution in [-0.4, -0.2) is 26.2 Å². The average molecular weight is 385 g/mol. The summed E-state index contributed by atoms with van der Waals surface area (Å²) < 4.78 is 11.3. The summed E-state index contributed by atoms with van der Waals surface area (Å²) in [6.07, 6.45) is 0. The monoisotopic (exact) mass is 383 g/mol. The van der Waals surface area contributed by atoms with Crippen LogP contribution in [0.1, 0.15) is 10.4 Å². The van der Waals surface area contributed by atoms with Gasteiger partial charge in [-0.1, -0.05) is 39.7 Å². The molecule has 0 aliphatic rings. The SMILES string of the molecule is COCCOc1ccccc1C(=O)Nc1ccc(Br)cc1Cl. The highest BCUT2D eigenvalue weighted by Crippen LogP contribution is 2.27. The molecule has 6 heteroatoms. The zero-order valence-corrected chi connectivity index (χ0v) is 14.3. The lowest BCUT2D eigenvalue weighted by atomic mass is 10.2. The maximum Gasteiger partial charge on any atom is 0.259 e. The fraction of sp³-hybridized carbons (Fsp3) is 0.188. The van der Waals surface area contributed by atoms with Crippen molar-refractivity contribution in [1.29, 1.82) is 0 Å². The van der Waals surface area contributed by atoms with E-state index in [0.29, 0.717) is 35.2 Å². The number of nitrogens with one attached hydrogen (secondary N) is 1. The molecule has 4 nitrogen and oxygen atoms in total. The molecule has 2 aromatic rings. The summed E-state index contributed by atoms with van der Waals surface area (Å²) in [7, 11) is 1.59. The number of halogens is 2. The minimum Gasteiger partial charge on any atom is -0.490 e. The second kappa shape index (κ2) is 8.17. The number of hydrogen-bond acceptors (Lipinski definition) is 3. The van der Waals surface area contributed by atoms with E-state index in [-0.39, 0.29) is 5.91 Å². The van der Waals surface area contributed by atoms with Crippen LogP contribution >= 0.6 is 27.5 Å². The number of anilines is 1. The van der Waals surface area contributed by atoms with E-state index in [4.69, 9.17) is 21.1 Å². The molecule has 0 heterocycles. The molecule has 0 aromatic heterocycles. The topological polar surface area (TPSA) is 47.6 Å². The van der Waals surface area contributed by atoms with Crippen molar-refractivity contribution in [3.63, 3.8) is 0 Å². The molecule has 0 spiro atoms. The average Bonchev–Trinajstić information content (AvgIpc) is 2.51. The van der Waals surface area contributed by atoms with E-state index in [0.717, 1.165) is 4.47 Å². The van der Waals surface area contributed by atoms with Crippen LogP contribution in [0.2, 0.25) is 5.02 Å². The van der Waals surface area contributed by atoms with E-state index in [1.54, 1.807) is 37.4 Å². The summed E-state index contributed by atoms with van der Waals surface area (Å²) in [5.41, 5.74) is 0.985. The molecular formula is C16H15BrClNO3. The van der Waals surface area contributed by atoms with E-state index >= 15 is 0 Å². The summed E-state index contributed by atoms with van der Waals surface area (Å²) in [5.74, 6) is 0.225. The van der Waals surface area contributed by atoms with E-state index in [9.17, 15) is 4.79 Å². The van der Waals surface area contributed by atoms with Gasteiger partial charge in [-0.3, -0.25) is 4.79 Å². The molecule has 0 aliphatic carbocycles. The molecule has 1 amide bonds. The molecule has 0 radical (unpaired) electrons. The Morgan fingerprint density at radius 2 is 2.00 bits per heavy atom. The summed E-state index contributed by atoms with van der Waals surface area (Å²) >= 11 is 9.44. The summed E-state index contributed by atoms with van der Waals surface area (Å²) in [4.78, 5) is 12.4. The Morgan fingerprint density at radius 1 is 1.23 bits per heavy atom. The normalized spacial score (nSPS) is 10.3. The molecule has 0 atom stereocenters. The number of methoxy groups -OCH3 is 1. The number of hydrogen-bond donors (Lipinski definition) is 1. The lowest BCUT2D eigenvalue weighted by Crippen LogP contribution is -2.15. The largest absolute Gasteiger partial charge is 0.490 e. The predicted molar refractivity (Wildman–Crippen MR) is 90.9 cm³/mol. The Bertz CT molecular complexity index is 664. The van der Waals surface area contributed by atoms with Gasteiger partial charge in [0.05, 0.1) is 22.9 Å². The molecule has 2 aromatic carbocycles. The van der Waals surface area contributed by atoms with Gasteiger partial charge in [0.2, 0.25) is 0 Å². The second-order valence-electron chi connectivity index (χ2n) is 4.42. The van der Waals surface area contributed by atoms with Gasteiger partial charge in [0.25, 0.3) is 5.91 Å². The Labute approximate surface area is 142 Å². The molecule has 0 bridgehead atoms. The minimum absolute atomic E-state index is 0.280. The lowest BCUT2D eigenvalue weighted by molar-refractivity contribution is 0.101. The molecule has 0 fully saturated rings. The van der Waals surface area contributed by atoms with Crippen LogP contribution in [0.15, 0.2) is 46.9 Å². The first-order valence-corrected chi connectivity index (χ1v) is 7.76. The van der Waals surface area contributed by atoms with E-state index in [1.165, 1.54) is 0 Å². The van der Waals surface area contributed by atoms with Gasteiger partial charge in [-0.25, -0.2) is 0 Å². The van der Waals surface area contributed by atoms with Crippen LogP contribution in [0, 0.1) is 0 Å². The van der Waals surface area contributed by atoms with Crippen molar-refractivity contribution in [3.05, 3.63) is 57.5 Å². The number of ether oxygens (including phenoxy) is 2. The maximum absolute atomic E-state index is 12.4. The van der Waals surface area contributed by atoms with E-state index in [2.05, 4.69) is 21.2 Å². The van der Waals surface area contributed by atoms with Crippen molar-refractivity contribution in [2.45, 2.75) is 0 Å². The van der Waals surface area contributed by atoms with Crippen LogP contribution in [0.3, 0.4) is 0 Å². The van der Waals surface area contributed by atoms with Crippen LogP contribution < -0.4 is 10.1 Å². The highest BCUT2D eigenvalue weighted by atomic mass is 79.9. The summed E-state index contributed by atoms with van der Waals surface area (Å²) in [6.45, 7) is 0.828. The number of para-hydroxylation sites is 1. The third kappa shape index (κ3) is 4.47. The highest BCUT2D eigenvalue weighted by molar-refractivity contribution is 9.10. The van der Waals surface area contributed by atoms with Crippen molar-refractivity contribution >= 4 is 39.1 Å². The Balaban J connectivity index is 2.15. The van der Waals surface area contributed by atoms with Gasteiger partial charge >= 0.3 is 0 Å². The highest BCUT2D eigenvalue weighted by Gasteiger charge is 2.13. The zero-order valence-electron chi connectivity index (χ0n) is 11.9. The standard InChI is InChI=1S/C16H15BrClNO3/c1-21-8-9-22-15-5-3-2-4-12(15)16(20)19-14-7-6-11(17)10-13(14)18/h2-7,10H,8-9H2,1H3,(H,19,20). The van der Waals surface area contributed by atoms with Crippen molar-refractivity contribution in [2.24, 2.45) is 0 Å². The molecule has 22 heavy (non-hydrogen) atoms. The van der Waals surface area contributed by atoms with Gasteiger partial charge in [-0.2, -0.15) is 0 Å². The number of carbonyl (C=O) groups excluding carboxylic acids is 1. The first kappa shape index (κ1) is 16.8. The van der Waals surface area contributed by atoms with E-state index < -0.39 is 0 Å². The van der Waals surface area contributed by atoms with Crippen LogP contribution in [0.5, 0.6) is 5.75 Å². The number of amides is 1. The number of rotatable bonds is 6. The van der Waals surface area contributed by atoms with Crippen molar-refractivity contribution in [1.82, 2.24) is 0 Å². The molecule has 0 saturated carbocycles. The lowest BCUT2D eigenvalue weighted by Gasteiger charge is -2.12. The summed E-state index contributed by atoms with van der Waals surface area (Å²) in [6, 6.07) is 12.3. The second-order valence-corrected chi connectivity index (χ2v) is 5.74. The molecule has 0 unspecified atom stereocenters. The quantitative estimate of drug-likeness (QED) is 0.752. The van der Waals surface area contributed by atoms with Crippen LogP contribution in [0.25, 0.3) is 0 Å². The Hall–Kier alpha value is -1.56. The molecule has 0 saturated heterocycles. The Kier molecular flexibility index (Phi) is 6.24. The molecule has 2 rings (SSSR count). The molecule has 116 valence electrons. The van der Waals surface area contributed by atoms with Crippen molar-refractivity contribution in [2.75, 3.05) is 25.6 Å². The van der Waals surface area contributed by atoms with Gasteiger partial charge in [-0.15, -0.1) is 0 Å². The first-order chi connectivity index (χ1) is 10.6. The van der Waals surface area contributed by atoms with Crippen LogP contribution in [-0.2, 0) is 4.74 Å². The third-order valence-electron chi connectivity index (χ3n) is 2.86. The fourth-order valence-corrected chi connectivity index (χ4v) is 2.52. The maximum atomic E-state index is 12.4.